The van der Waals surface area contributed by atoms with Crippen molar-refractivity contribution in [3.8, 4) is 0 Å². The van der Waals surface area contributed by atoms with Gasteiger partial charge in [0.1, 0.15) is 0 Å². The van der Waals surface area contributed by atoms with E-state index in [1.54, 1.807) is 0 Å². The first-order chi connectivity index (χ1) is 3.00. The molecule has 1 aromatic carbocycles. The van der Waals surface area contributed by atoms with E-state index in [1.807, 2.05) is 36.4 Å². The summed E-state index contributed by atoms with van der Waals surface area (Å²) in [7, 11) is 0. The molecule has 0 amide bonds. The van der Waals surface area contributed by atoms with Crippen LogP contribution in [0.4, 0.5) is 0 Å². The zero-order chi connectivity index (χ0) is 4.24. The lowest BCUT2D eigenvalue weighted by Crippen LogP contribution is -1.47. The van der Waals surface area contributed by atoms with Gasteiger partial charge in [0.15, 0.2) is 0 Å². The second kappa shape index (κ2) is 16.2. The average Bonchev–Trinajstić information content (AvgIpc) is 1.72. The van der Waals surface area contributed by atoms with Gasteiger partial charge in [0.2, 0.25) is 0 Å². The van der Waals surface area contributed by atoms with Crippen LogP contribution in [0.1, 0.15) is 0 Å². The van der Waals surface area contributed by atoms with Crippen molar-refractivity contribution in [3.63, 3.8) is 0 Å². The van der Waals surface area contributed by atoms with Crippen molar-refractivity contribution in [1.29, 1.82) is 0 Å². The first-order valence-electron chi connectivity index (χ1n) is 2.00. The lowest BCUT2D eigenvalue weighted by atomic mass is 10.4. The minimum atomic E-state index is 0. The van der Waals surface area contributed by atoms with Crippen LogP contribution in [0.25, 0.3) is 0 Å². The van der Waals surface area contributed by atoms with Crippen LogP contribution in [0.15, 0.2) is 36.4 Å². The number of hydrogen-bond donors (Lipinski definition) is 0. The SMILES string of the molecule is Cl.Cl.Cl.Cl.c1ccccc1. The van der Waals surface area contributed by atoms with Gasteiger partial charge in [-0.25, -0.2) is 0 Å². The number of benzene rings is 1. The van der Waals surface area contributed by atoms with Crippen LogP contribution in [-0.4, -0.2) is 0 Å². The molecule has 0 nitrogen and oxygen atoms in total. The maximum atomic E-state index is 2.00. The van der Waals surface area contributed by atoms with Gasteiger partial charge in [-0.15, -0.1) is 49.6 Å². The molecule has 0 aliphatic rings. The summed E-state index contributed by atoms with van der Waals surface area (Å²) in [5.74, 6) is 0. The van der Waals surface area contributed by atoms with E-state index in [0.29, 0.717) is 0 Å². The molecule has 4 heteroatoms. The van der Waals surface area contributed by atoms with Gasteiger partial charge in [-0.05, 0) is 0 Å². The molecule has 1 rings (SSSR count). The van der Waals surface area contributed by atoms with Crippen LogP contribution in [0.3, 0.4) is 0 Å². The molecule has 0 aliphatic carbocycles. The van der Waals surface area contributed by atoms with Crippen molar-refractivity contribution >= 4 is 49.6 Å². The molecular weight excluding hydrogens is 214 g/mol. The summed E-state index contributed by atoms with van der Waals surface area (Å²) >= 11 is 0. The number of hydrogen-bond acceptors (Lipinski definition) is 0. The van der Waals surface area contributed by atoms with E-state index in [1.165, 1.54) is 0 Å². The smallest absolute Gasteiger partial charge is 0.0623 e. The van der Waals surface area contributed by atoms with E-state index in [0.717, 1.165) is 0 Å². The molecule has 0 heterocycles. The zero-order valence-electron chi connectivity index (χ0n) is 5.10. The fourth-order valence-electron chi connectivity index (χ4n) is 0.385. The predicted molar refractivity (Wildman–Crippen MR) is 55.4 cm³/mol. The third-order valence-corrected chi connectivity index (χ3v) is 0.667. The third-order valence-electron chi connectivity index (χ3n) is 0.667. The number of rotatable bonds is 0. The second-order valence-corrected chi connectivity index (χ2v) is 1.15. The molecule has 0 atom stereocenters. The van der Waals surface area contributed by atoms with Crippen molar-refractivity contribution in [3.05, 3.63) is 36.4 Å². The van der Waals surface area contributed by atoms with Crippen molar-refractivity contribution in [1.82, 2.24) is 0 Å². The molecule has 0 fully saturated rings. The summed E-state index contributed by atoms with van der Waals surface area (Å²) in [5.41, 5.74) is 0. The molecule has 0 aliphatic heterocycles. The van der Waals surface area contributed by atoms with Crippen LogP contribution in [0, 0.1) is 0 Å². The Kier molecular flexibility index (Phi) is 36.3. The molecule has 1 aromatic rings. The van der Waals surface area contributed by atoms with E-state index in [4.69, 9.17) is 0 Å². The first-order valence-corrected chi connectivity index (χ1v) is 2.00. The van der Waals surface area contributed by atoms with E-state index >= 15 is 0 Å². The molecule has 0 radical (unpaired) electrons. The molecule has 10 heavy (non-hydrogen) atoms. The summed E-state index contributed by atoms with van der Waals surface area (Å²) in [6.07, 6.45) is 0. The molecule has 0 spiro atoms. The monoisotopic (exact) mass is 222 g/mol. The van der Waals surface area contributed by atoms with Gasteiger partial charge < -0.3 is 0 Å². The van der Waals surface area contributed by atoms with Gasteiger partial charge in [-0.1, -0.05) is 36.4 Å². The molecule has 0 unspecified atom stereocenters. The Morgan fingerprint density at radius 2 is 0.400 bits per heavy atom. The Hall–Kier alpha value is 0.380. The molecule has 0 N–H and O–H groups in total. The summed E-state index contributed by atoms with van der Waals surface area (Å²) in [6.45, 7) is 0. The van der Waals surface area contributed by atoms with Gasteiger partial charge in [-0.2, -0.15) is 0 Å². The topological polar surface area (TPSA) is 0 Å². The van der Waals surface area contributed by atoms with Crippen LogP contribution in [0.5, 0.6) is 0 Å². The highest BCUT2D eigenvalue weighted by atomic mass is 35.5. The summed E-state index contributed by atoms with van der Waals surface area (Å²) < 4.78 is 0. The van der Waals surface area contributed by atoms with Gasteiger partial charge >= 0.3 is 0 Å². The maximum absolute atomic E-state index is 2.00. The molecular formula is C6H10Cl4. The largest absolute Gasteiger partial charge is 0.147 e. The van der Waals surface area contributed by atoms with Crippen LogP contribution in [-0.2, 0) is 0 Å². The maximum Gasteiger partial charge on any atom is -0.0623 e. The van der Waals surface area contributed by atoms with E-state index in [9.17, 15) is 0 Å². The van der Waals surface area contributed by atoms with E-state index < -0.39 is 0 Å². The minimum absolute atomic E-state index is 0. The molecule has 0 bridgehead atoms. The minimum Gasteiger partial charge on any atom is -0.147 e. The van der Waals surface area contributed by atoms with Crippen molar-refractivity contribution in [2.45, 2.75) is 0 Å². The number of halogens is 4. The lowest BCUT2D eigenvalue weighted by Gasteiger charge is -1.69. The Balaban J connectivity index is -0.0000000450. The Bertz CT molecular complexity index is 81.7. The van der Waals surface area contributed by atoms with Gasteiger partial charge in [0, 0.05) is 0 Å². The van der Waals surface area contributed by atoms with Crippen LogP contribution in [0.2, 0.25) is 0 Å². The summed E-state index contributed by atoms with van der Waals surface area (Å²) in [5, 5.41) is 0. The van der Waals surface area contributed by atoms with Crippen molar-refractivity contribution in [2.75, 3.05) is 0 Å². The zero-order valence-corrected chi connectivity index (χ0v) is 8.36. The first kappa shape index (κ1) is 22.4. The summed E-state index contributed by atoms with van der Waals surface area (Å²) in [4.78, 5) is 0. The highest BCUT2D eigenvalue weighted by Gasteiger charge is 1.57. The fourth-order valence-corrected chi connectivity index (χ4v) is 0.385. The molecule has 0 saturated heterocycles. The quantitative estimate of drug-likeness (QED) is 0.633. The highest BCUT2D eigenvalue weighted by molar-refractivity contribution is 5.86. The highest BCUT2D eigenvalue weighted by Crippen LogP contribution is 1.79. The molecule has 62 valence electrons. The molecule has 0 aromatic heterocycles. The van der Waals surface area contributed by atoms with Gasteiger partial charge in [-0.3, -0.25) is 0 Å². The lowest BCUT2D eigenvalue weighted by molar-refractivity contribution is 1.72. The predicted octanol–water partition coefficient (Wildman–Crippen LogP) is 3.37. The van der Waals surface area contributed by atoms with Crippen molar-refractivity contribution in [2.24, 2.45) is 0 Å². The van der Waals surface area contributed by atoms with Crippen molar-refractivity contribution < 1.29 is 0 Å². The average molecular weight is 224 g/mol. The molecule has 0 saturated carbocycles. The van der Waals surface area contributed by atoms with E-state index in [-0.39, 0.29) is 49.6 Å². The van der Waals surface area contributed by atoms with E-state index in [2.05, 4.69) is 0 Å². The Morgan fingerprint density at radius 1 is 0.300 bits per heavy atom. The summed E-state index contributed by atoms with van der Waals surface area (Å²) in [6, 6.07) is 12.0. The van der Waals surface area contributed by atoms with Gasteiger partial charge in [0.05, 0.1) is 0 Å². The second-order valence-electron chi connectivity index (χ2n) is 1.15. The van der Waals surface area contributed by atoms with Gasteiger partial charge in [0.25, 0.3) is 0 Å². The van der Waals surface area contributed by atoms with Crippen LogP contribution >= 0.6 is 49.6 Å². The fraction of sp³-hybridized carbons (Fsp3) is 0. The normalized spacial score (nSPS) is 4.80. The third kappa shape index (κ3) is 11.2. The van der Waals surface area contributed by atoms with Crippen LogP contribution < -0.4 is 0 Å². The Labute approximate surface area is 86.0 Å². The standard InChI is InChI=1S/C6H6.4ClH/c1-2-4-6-5-3-1;;;;/h1-6H;4*1H. The Morgan fingerprint density at radius 3 is 0.500 bits per heavy atom.